The molecule has 6 aromatic carbocycles. The molecule has 6 aromatic rings. The summed E-state index contributed by atoms with van der Waals surface area (Å²) in [7, 11) is 0. The van der Waals surface area contributed by atoms with Crippen molar-refractivity contribution in [1.82, 2.24) is 0 Å². The Bertz CT molecular complexity index is 2160. The first-order valence-corrected chi connectivity index (χ1v) is 20.0. The summed E-state index contributed by atoms with van der Waals surface area (Å²) in [6, 6.07) is 39.6. The van der Waals surface area contributed by atoms with Crippen LogP contribution in [0.1, 0.15) is 84.0 Å². The number of fused-ring (bicyclic) bond motifs is 2. The van der Waals surface area contributed by atoms with E-state index in [0.29, 0.717) is 11.1 Å². The zero-order valence-electron chi connectivity index (χ0n) is 32.2. The summed E-state index contributed by atoms with van der Waals surface area (Å²) in [5.74, 6) is -0.162. The van der Waals surface area contributed by atoms with Crippen molar-refractivity contribution in [2.45, 2.75) is 52.4 Å². The van der Waals surface area contributed by atoms with Crippen LogP contribution in [-0.2, 0) is 37.1 Å². The summed E-state index contributed by atoms with van der Waals surface area (Å²) in [5.41, 5.74) is 12.8. The van der Waals surface area contributed by atoms with Gasteiger partial charge in [-0.2, -0.15) is 34.4 Å². The summed E-state index contributed by atoms with van der Waals surface area (Å²) in [6.07, 6.45) is 18.8. The van der Waals surface area contributed by atoms with Crippen LogP contribution in [0.15, 0.2) is 158 Å². The fraction of sp³-hybridized carbons (Fsp3) is 0.157. The zero-order chi connectivity index (χ0) is 38.0. The molecule has 0 fully saturated rings. The molecule has 8 rings (SSSR count). The van der Waals surface area contributed by atoms with Crippen LogP contribution < -0.4 is 24.8 Å². The third-order valence-electron chi connectivity index (χ3n) is 9.77. The molecule has 56 heavy (non-hydrogen) atoms. The van der Waals surface area contributed by atoms with Crippen molar-refractivity contribution in [2.24, 2.45) is 0 Å². The van der Waals surface area contributed by atoms with Gasteiger partial charge in [-0.1, -0.05) is 123 Å². The van der Waals surface area contributed by atoms with Crippen LogP contribution in [0.3, 0.4) is 0 Å². The summed E-state index contributed by atoms with van der Waals surface area (Å²) in [6.45, 7) is 8.58. The molecule has 0 aromatic heterocycles. The fourth-order valence-electron chi connectivity index (χ4n) is 7.06. The summed E-state index contributed by atoms with van der Waals surface area (Å²) in [5, 5.41) is 0. The van der Waals surface area contributed by atoms with Crippen molar-refractivity contribution in [3.63, 3.8) is 0 Å². The molecule has 0 radical (unpaired) electrons. The number of allylic oxidation sites excluding steroid dienone is 6. The van der Waals surface area contributed by atoms with Crippen LogP contribution in [-0.4, -0.2) is 3.21 Å². The predicted molar refractivity (Wildman–Crippen MR) is 223 cm³/mol. The van der Waals surface area contributed by atoms with Crippen molar-refractivity contribution in [2.75, 3.05) is 0 Å². The van der Waals surface area contributed by atoms with Gasteiger partial charge in [-0.15, -0.1) is 47.6 Å². The van der Waals surface area contributed by atoms with Crippen molar-refractivity contribution in [3.8, 4) is 22.3 Å². The first kappa shape index (κ1) is 44.4. The minimum absolute atomic E-state index is 0. The number of benzene rings is 4. The van der Waals surface area contributed by atoms with Gasteiger partial charge in [0.15, 0.2) is 0 Å². The molecule has 0 bridgehead atoms. The molecule has 5 heteroatoms. The first-order chi connectivity index (χ1) is 26.2. The number of halogens is 4. The Labute approximate surface area is 359 Å². The van der Waals surface area contributed by atoms with E-state index in [0.717, 1.165) is 35.1 Å². The van der Waals surface area contributed by atoms with Gasteiger partial charge in [-0.05, 0) is 59.1 Å². The summed E-state index contributed by atoms with van der Waals surface area (Å²) >= 11 is 1.55. The molecular formula is C51H46Cl2F2Zr-2. The molecule has 0 nitrogen and oxygen atoms in total. The molecule has 0 aliphatic heterocycles. The largest absolute Gasteiger partial charge is 1.00 e. The zero-order valence-corrected chi connectivity index (χ0v) is 36.2. The summed E-state index contributed by atoms with van der Waals surface area (Å²) < 4.78 is 31.1. The predicted octanol–water partition coefficient (Wildman–Crippen LogP) is 7.73. The molecule has 2 atom stereocenters. The molecule has 2 aliphatic carbocycles. The smallest absolute Gasteiger partial charge is 1.00 e. The molecule has 2 unspecified atom stereocenters. The Morgan fingerprint density at radius 1 is 0.554 bits per heavy atom. The Morgan fingerprint density at radius 3 is 1.27 bits per heavy atom. The molecule has 0 N–H and O–H groups in total. The minimum Gasteiger partial charge on any atom is -1.00 e. The van der Waals surface area contributed by atoms with E-state index < -0.39 is 0 Å². The molecule has 2 aliphatic rings. The molecule has 0 saturated heterocycles. The second-order valence-corrected chi connectivity index (χ2v) is 16.4. The quantitative estimate of drug-likeness (QED) is 0.151. The van der Waals surface area contributed by atoms with Gasteiger partial charge in [0.05, 0.1) is 0 Å². The van der Waals surface area contributed by atoms with Gasteiger partial charge in [0.2, 0.25) is 0 Å². The van der Waals surface area contributed by atoms with Crippen molar-refractivity contribution < 1.29 is 57.8 Å². The van der Waals surface area contributed by atoms with Crippen molar-refractivity contribution >= 4 is 15.4 Å². The van der Waals surface area contributed by atoms with Gasteiger partial charge < -0.3 is 24.8 Å². The third kappa shape index (κ3) is 11.0. The standard InChI is InChI=1S/2C24H20F.C3H6.2ClH.Zr/c2*1-2-17-14-19-10-6-7-11-21(23(19)15-17)20-12-13-22(24(25)16-20)18-8-4-3-5-9-18;1-3-2;;;/h2*3-16,21H,2H2,1H3;1-2H3;2*1H;/q2*-1;;;;+2/p-2. The molecule has 0 spiro atoms. The number of aryl methyl sites for hydroxylation is 2. The summed E-state index contributed by atoms with van der Waals surface area (Å²) in [4.78, 5) is 0. The second kappa shape index (κ2) is 21.3. The van der Waals surface area contributed by atoms with Crippen molar-refractivity contribution in [3.05, 3.63) is 214 Å². The normalized spacial score (nSPS) is 14.6. The first-order valence-electron chi connectivity index (χ1n) is 18.8. The Morgan fingerprint density at radius 2 is 0.929 bits per heavy atom. The van der Waals surface area contributed by atoms with Crippen LogP contribution in [0, 0.1) is 11.6 Å². The molecule has 0 heterocycles. The third-order valence-corrected chi connectivity index (χ3v) is 9.77. The second-order valence-electron chi connectivity index (χ2n) is 13.9. The van der Waals surface area contributed by atoms with Crippen molar-refractivity contribution in [1.29, 1.82) is 0 Å². The topological polar surface area (TPSA) is 0 Å². The maximum absolute atomic E-state index is 14.8. The molecule has 0 amide bonds. The number of hydrogen-bond acceptors (Lipinski definition) is 0. The van der Waals surface area contributed by atoms with E-state index in [4.69, 9.17) is 0 Å². The average molecular weight is 859 g/mol. The van der Waals surface area contributed by atoms with E-state index in [9.17, 15) is 8.78 Å². The Balaban J connectivity index is 0.000000220. The molecular weight excluding hydrogens is 813 g/mol. The number of rotatable bonds is 6. The van der Waals surface area contributed by atoms with Gasteiger partial charge in [-0.3, -0.25) is 0 Å². The SMILES string of the molecule is CCc1cc2c([cH-]1)C=CC=CC2c1ccc(-c2ccccc2)c(F)c1.CCc1cc2c([cH-]1)C=CC=CC2c1ccc(-c2ccccc2)c(F)c1.C[C](C)=[Zr+2].[Cl-].[Cl-]. The number of hydrogen-bond donors (Lipinski definition) is 0. The minimum atomic E-state index is -0.168. The fourth-order valence-corrected chi connectivity index (χ4v) is 7.06. The van der Waals surface area contributed by atoms with Gasteiger partial charge >= 0.3 is 41.3 Å². The van der Waals surface area contributed by atoms with E-state index in [-0.39, 0.29) is 48.3 Å². The van der Waals surface area contributed by atoms with E-state index >= 15 is 0 Å². The van der Waals surface area contributed by atoms with Gasteiger partial charge in [0.1, 0.15) is 11.6 Å². The molecule has 284 valence electrons. The van der Waals surface area contributed by atoms with Crippen LogP contribution in [0.2, 0.25) is 0 Å². The maximum atomic E-state index is 14.8. The van der Waals surface area contributed by atoms with Crippen LogP contribution in [0.5, 0.6) is 0 Å². The monoisotopic (exact) mass is 856 g/mol. The van der Waals surface area contributed by atoms with E-state index in [2.05, 4.69) is 101 Å². The van der Waals surface area contributed by atoms with E-state index in [1.54, 1.807) is 36.4 Å². The van der Waals surface area contributed by atoms with Crippen LogP contribution in [0.4, 0.5) is 8.78 Å². The van der Waals surface area contributed by atoms with Gasteiger partial charge in [0, 0.05) is 11.1 Å². The average Bonchev–Trinajstić information content (AvgIpc) is 3.66. The van der Waals surface area contributed by atoms with E-state index in [1.807, 2.05) is 84.9 Å². The Kier molecular flexibility index (Phi) is 16.9. The van der Waals surface area contributed by atoms with Gasteiger partial charge in [-0.25, -0.2) is 8.78 Å². The van der Waals surface area contributed by atoms with Crippen LogP contribution in [0.25, 0.3) is 34.4 Å². The molecule has 0 saturated carbocycles. The van der Waals surface area contributed by atoms with Crippen LogP contribution >= 0.6 is 0 Å². The maximum Gasteiger partial charge on any atom is -1.00 e. The Hall–Kier alpha value is -4.27. The van der Waals surface area contributed by atoms with E-state index in [1.165, 1.54) is 36.6 Å². The van der Waals surface area contributed by atoms with Gasteiger partial charge in [0.25, 0.3) is 0 Å².